The molecule has 0 spiro atoms. The molecule has 18 heavy (non-hydrogen) atoms. The summed E-state index contributed by atoms with van der Waals surface area (Å²) in [5.41, 5.74) is 0. The zero-order valence-electron chi connectivity index (χ0n) is 10.7. The van der Waals surface area contributed by atoms with Crippen molar-refractivity contribution in [1.82, 2.24) is 10.3 Å². The minimum absolute atomic E-state index is 0.576. The van der Waals surface area contributed by atoms with E-state index in [0.717, 1.165) is 36.5 Å². The summed E-state index contributed by atoms with van der Waals surface area (Å²) in [5, 5.41) is 3.53. The largest absolute Gasteiger partial charge is 0.383 e. The molecule has 100 valence electrons. The van der Waals surface area contributed by atoms with Crippen molar-refractivity contribution in [3.8, 4) is 0 Å². The molecule has 0 amide bonds. The highest BCUT2D eigenvalue weighted by molar-refractivity contribution is 9.10. The van der Waals surface area contributed by atoms with Gasteiger partial charge < -0.3 is 15.0 Å². The highest BCUT2D eigenvalue weighted by atomic mass is 79.9. The van der Waals surface area contributed by atoms with E-state index in [1.807, 2.05) is 12.3 Å². The van der Waals surface area contributed by atoms with Crippen LogP contribution in [0.2, 0.25) is 0 Å². The van der Waals surface area contributed by atoms with Crippen LogP contribution >= 0.6 is 15.9 Å². The van der Waals surface area contributed by atoms with E-state index in [4.69, 9.17) is 4.74 Å². The summed E-state index contributed by atoms with van der Waals surface area (Å²) in [4.78, 5) is 6.76. The van der Waals surface area contributed by atoms with E-state index in [0.29, 0.717) is 6.04 Å². The van der Waals surface area contributed by atoms with Gasteiger partial charge in [0.05, 0.1) is 6.61 Å². The maximum absolute atomic E-state index is 5.18. The summed E-state index contributed by atoms with van der Waals surface area (Å²) in [6, 6.07) is 4.66. The maximum Gasteiger partial charge on any atom is 0.128 e. The smallest absolute Gasteiger partial charge is 0.128 e. The zero-order chi connectivity index (χ0) is 12.8. The molecule has 1 aliphatic rings. The van der Waals surface area contributed by atoms with Gasteiger partial charge in [-0.25, -0.2) is 4.98 Å². The average Bonchev–Trinajstić information content (AvgIpc) is 2.88. The van der Waals surface area contributed by atoms with Crippen LogP contribution in [0.1, 0.15) is 12.8 Å². The van der Waals surface area contributed by atoms with Gasteiger partial charge in [0.2, 0.25) is 0 Å². The highest BCUT2D eigenvalue weighted by Crippen LogP contribution is 2.16. The lowest BCUT2D eigenvalue weighted by molar-refractivity contribution is 0.204. The Bertz CT molecular complexity index is 352. The zero-order valence-corrected chi connectivity index (χ0v) is 12.3. The first kappa shape index (κ1) is 13.8. The maximum atomic E-state index is 5.18. The van der Waals surface area contributed by atoms with Crippen molar-refractivity contribution in [2.75, 3.05) is 38.3 Å². The number of hydrogen-bond acceptors (Lipinski definition) is 4. The number of rotatable bonds is 6. The van der Waals surface area contributed by atoms with Crippen molar-refractivity contribution < 1.29 is 4.74 Å². The molecule has 1 aromatic heterocycles. The van der Waals surface area contributed by atoms with Crippen LogP contribution in [0.25, 0.3) is 0 Å². The van der Waals surface area contributed by atoms with Crippen molar-refractivity contribution in [2.45, 2.75) is 18.9 Å². The SMILES string of the molecule is COCCN(CC1CCCN1)c1ccc(Br)cn1. The number of halogens is 1. The molecule has 1 atom stereocenters. The molecular weight excluding hydrogens is 294 g/mol. The molecule has 2 rings (SSSR count). The monoisotopic (exact) mass is 313 g/mol. The summed E-state index contributed by atoms with van der Waals surface area (Å²) in [6.07, 6.45) is 4.37. The standard InChI is InChI=1S/C13H20BrN3O/c1-18-8-7-17(10-12-3-2-6-15-12)13-5-4-11(14)9-16-13/h4-5,9,12,15H,2-3,6-8,10H2,1H3. The van der Waals surface area contributed by atoms with E-state index < -0.39 is 0 Å². The molecule has 0 aliphatic carbocycles. The summed E-state index contributed by atoms with van der Waals surface area (Å²) >= 11 is 3.42. The minimum Gasteiger partial charge on any atom is -0.383 e. The summed E-state index contributed by atoms with van der Waals surface area (Å²) in [7, 11) is 1.74. The number of aromatic nitrogens is 1. The van der Waals surface area contributed by atoms with Gasteiger partial charge in [-0.3, -0.25) is 0 Å². The van der Waals surface area contributed by atoms with Gasteiger partial charge in [0, 0.05) is 36.9 Å². The molecule has 5 heteroatoms. The Kier molecular flexibility index (Phi) is 5.41. The van der Waals surface area contributed by atoms with Crippen LogP contribution < -0.4 is 10.2 Å². The van der Waals surface area contributed by atoms with Gasteiger partial charge in [-0.2, -0.15) is 0 Å². The molecular formula is C13H20BrN3O. The molecule has 2 heterocycles. The fraction of sp³-hybridized carbons (Fsp3) is 0.615. The van der Waals surface area contributed by atoms with Crippen LogP contribution in [0, 0.1) is 0 Å². The van der Waals surface area contributed by atoms with Crippen LogP contribution in [-0.2, 0) is 4.74 Å². The predicted octanol–water partition coefficient (Wildman–Crippen LogP) is 2.05. The first-order valence-corrected chi connectivity index (χ1v) is 7.17. The first-order valence-electron chi connectivity index (χ1n) is 6.38. The van der Waals surface area contributed by atoms with Crippen LogP contribution in [0.3, 0.4) is 0 Å². The summed E-state index contributed by atoms with van der Waals surface area (Å²) in [6.45, 7) is 3.74. The van der Waals surface area contributed by atoms with Crippen molar-refractivity contribution in [3.05, 3.63) is 22.8 Å². The van der Waals surface area contributed by atoms with E-state index in [2.05, 4.69) is 37.2 Å². The molecule has 1 N–H and O–H groups in total. The Morgan fingerprint density at radius 2 is 2.44 bits per heavy atom. The third-order valence-electron chi connectivity index (χ3n) is 3.20. The lowest BCUT2D eigenvalue weighted by Crippen LogP contribution is -2.39. The fourth-order valence-electron chi connectivity index (χ4n) is 2.23. The lowest BCUT2D eigenvalue weighted by Gasteiger charge is -2.26. The van der Waals surface area contributed by atoms with Gasteiger partial charge in [0.15, 0.2) is 0 Å². The van der Waals surface area contributed by atoms with Gasteiger partial charge in [0.1, 0.15) is 5.82 Å². The Hall–Kier alpha value is -0.650. The van der Waals surface area contributed by atoms with Crippen LogP contribution in [0.5, 0.6) is 0 Å². The number of anilines is 1. The molecule has 4 nitrogen and oxygen atoms in total. The number of ether oxygens (including phenoxy) is 1. The fourth-order valence-corrected chi connectivity index (χ4v) is 2.47. The molecule has 1 unspecified atom stereocenters. The molecule has 1 saturated heterocycles. The van der Waals surface area contributed by atoms with Crippen molar-refractivity contribution in [2.24, 2.45) is 0 Å². The van der Waals surface area contributed by atoms with Crippen LogP contribution in [0.15, 0.2) is 22.8 Å². The van der Waals surface area contributed by atoms with E-state index in [-0.39, 0.29) is 0 Å². The Morgan fingerprint density at radius 3 is 3.06 bits per heavy atom. The normalized spacial score (nSPS) is 19.1. The molecule has 1 aromatic rings. The molecule has 1 aliphatic heterocycles. The van der Waals surface area contributed by atoms with E-state index in [9.17, 15) is 0 Å². The van der Waals surface area contributed by atoms with Crippen molar-refractivity contribution in [1.29, 1.82) is 0 Å². The number of pyridine rings is 1. The van der Waals surface area contributed by atoms with Crippen molar-refractivity contribution >= 4 is 21.7 Å². The number of nitrogens with one attached hydrogen (secondary N) is 1. The summed E-state index contributed by atoms with van der Waals surface area (Å²) in [5.74, 6) is 1.02. The molecule has 1 fully saturated rings. The molecule has 0 bridgehead atoms. The molecule has 0 aromatic carbocycles. The second kappa shape index (κ2) is 7.07. The van der Waals surface area contributed by atoms with E-state index in [1.54, 1.807) is 7.11 Å². The number of methoxy groups -OCH3 is 1. The van der Waals surface area contributed by atoms with Gasteiger partial charge in [-0.05, 0) is 47.4 Å². The highest BCUT2D eigenvalue weighted by Gasteiger charge is 2.18. The van der Waals surface area contributed by atoms with Crippen molar-refractivity contribution in [3.63, 3.8) is 0 Å². The van der Waals surface area contributed by atoms with Crippen LogP contribution in [0.4, 0.5) is 5.82 Å². The number of nitrogens with zero attached hydrogens (tertiary/aromatic N) is 2. The third kappa shape index (κ3) is 3.93. The quantitative estimate of drug-likeness (QED) is 0.872. The predicted molar refractivity (Wildman–Crippen MR) is 77.1 cm³/mol. The van der Waals surface area contributed by atoms with Gasteiger partial charge in [-0.1, -0.05) is 0 Å². The third-order valence-corrected chi connectivity index (χ3v) is 3.67. The number of hydrogen-bond donors (Lipinski definition) is 1. The molecule has 0 saturated carbocycles. The van der Waals surface area contributed by atoms with Crippen LogP contribution in [-0.4, -0.2) is 44.4 Å². The average molecular weight is 314 g/mol. The minimum atomic E-state index is 0.576. The van der Waals surface area contributed by atoms with Gasteiger partial charge in [0.25, 0.3) is 0 Å². The lowest BCUT2D eigenvalue weighted by atomic mass is 10.2. The van der Waals surface area contributed by atoms with Gasteiger partial charge in [-0.15, -0.1) is 0 Å². The first-order chi connectivity index (χ1) is 8.79. The molecule has 0 radical (unpaired) electrons. The van der Waals surface area contributed by atoms with E-state index >= 15 is 0 Å². The second-order valence-electron chi connectivity index (χ2n) is 4.57. The Labute approximate surface area is 117 Å². The summed E-state index contributed by atoms with van der Waals surface area (Å²) < 4.78 is 6.19. The second-order valence-corrected chi connectivity index (χ2v) is 5.48. The topological polar surface area (TPSA) is 37.4 Å². The Morgan fingerprint density at radius 1 is 1.56 bits per heavy atom. The van der Waals surface area contributed by atoms with E-state index in [1.165, 1.54) is 12.8 Å². The van der Waals surface area contributed by atoms with Gasteiger partial charge >= 0.3 is 0 Å². The Balaban J connectivity index is 2.00.